The Balaban J connectivity index is 1.73. The summed E-state index contributed by atoms with van der Waals surface area (Å²) >= 11 is 0. The maximum atomic E-state index is 13.1. The van der Waals surface area contributed by atoms with Gasteiger partial charge in [0, 0.05) is 13.3 Å². The van der Waals surface area contributed by atoms with Gasteiger partial charge in [-0.25, -0.2) is 0 Å². The molecular weight excluding hydrogens is 332 g/mol. The molecule has 0 aromatic heterocycles. The van der Waals surface area contributed by atoms with Crippen molar-refractivity contribution in [3.63, 3.8) is 0 Å². The monoisotopic (exact) mass is 358 g/mol. The summed E-state index contributed by atoms with van der Waals surface area (Å²) in [5.74, 6) is -1.05. The van der Waals surface area contributed by atoms with E-state index < -0.39 is 16.9 Å². The zero-order valence-corrected chi connectivity index (χ0v) is 15.6. The first-order chi connectivity index (χ1) is 12.1. The molecule has 4 aliphatic rings. The van der Waals surface area contributed by atoms with E-state index in [2.05, 4.69) is 6.92 Å². The van der Waals surface area contributed by atoms with Gasteiger partial charge in [0.15, 0.2) is 11.6 Å². The highest BCUT2D eigenvalue weighted by Crippen LogP contribution is 2.63. The molecule has 0 unspecified atom stereocenters. The summed E-state index contributed by atoms with van der Waals surface area (Å²) in [6.07, 6.45) is 7.99. The van der Waals surface area contributed by atoms with Crippen LogP contribution in [0.2, 0.25) is 0 Å². The molecule has 26 heavy (non-hydrogen) atoms. The molecule has 4 rings (SSSR count). The summed E-state index contributed by atoms with van der Waals surface area (Å²) in [6.45, 7) is 5.36. The van der Waals surface area contributed by atoms with Crippen molar-refractivity contribution in [1.82, 2.24) is 0 Å². The van der Waals surface area contributed by atoms with Gasteiger partial charge in [0.05, 0.1) is 11.3 Å². The van der Waals surface area contributed by atoms with Crippen molar-refractivity contribution in [3.05, 3.63) is 23.8 Å². The number of aliphatic hydroxyl groups is 1. The lowest BCUT2D eigenvalue weighted by atomic mass is 9.46. The molecule has 0 aliphatic heterocycles. The van der Waals surface area contributed by atoms with Crippen LogP contribution in [-0.4, -0.2) is 34.3 Å². The molecule has 4 aliphatic carbocycles. The maximum absolute atomic E-state index is 13.1. The minimum absolute atomic E-state index is 0.00176. The van der Waals surface area contributed by atoms with Crippen LogP contribution in [-0.2, 0) is 19.1 Å². The molecule has 6 atom stereocenters. The maximum Gasteiger partial charge on any atom is 0.302 e. The Morgan fingerprint density at radius 2 is 1.96 bits per heavy atom. The third kappa shape index (κ3) is 2.10. The quantitative estimate of drug-likeness (QED) is 0.729. The van der Waals surface area contributed by atoms with Crippen LogP contribution in [0.1, 0.15) is 52.9 Å². The standard InChI is InChI=1S/C21H26O5/c1-12(22)26-14-4-7-19(2)13(10-14)11-16(23)18-15(19)5-8-20(3)17(24)6-9-21(18,20)25/h6,9,11,14-15,18,25H,4-5,7-8,10H2,1-3H3/t14-,15-,18-,19-,20+,21-/m0/s1. The van der Waals surface area contributed by atoms with Gasteiger partial charge in [-0.15, -0.1) is 0 Å². The van der Waals surface area contributed by atoms with Gasteiger partial charge in [0.25, 0.3) is 0 Å². The van der Waals surface area contributed by atoms with Crippen LogP contribution in [0, 0.1) is 22.7 Å². The van der Waals surface area contributed by atoms with E-state index in [9.17, 15) is 19.5 Å². The number of carbonyl (C=O) groups is 3. The Labute approximate surface area is 153 Å². The summed E-state index contributed by atoms with van der Waals surface area (Å²) in [7, 11) is 0. The lowest BCUT2D eigenvalue weighted by molar-refractivity contribution is -0.170. The number of allylic oxidation sites excluding steroid dienone is 2. The van der Waals surface area contributed by atoms with Gasteiger partial charge in [-0.3, -0.25) is 14.4 Å². The molecular formula is C21H26O5. The number of hydrogen-bond acceptors (Lipinski definition) is 5. The normalized spacial score (nSPS) is 46.9. The molecule has 0 heterocycles. The van der Waals surface area contributed by atoms with E-state index in [1.165, 1.54) is 13.0 Å². The van der Waals surface area contributed by atoms with Crippen LogP contribution < -0.4 is 0 Å². The van der Waals surface area contributed by atoms with Crippen LogP contribution in [0.15, 0.2) is 23.8 Å². The lowest BCUT2D eigenvalue weighted by Gasteiger charge is -2.58. The lowest BCUT2D eigenvalue weighted by Crippen LogP contribution is -2.63. The predicted octanol–water partition coefficient (Wildman–Crippen LogP) is 2.52. The zero-order valence-electron chi connectivity index (χ0n) is 15.6. The molecule has 140 valence electrons. The first-order valence-corrected chi connectivity index (χ1v) is 9.50. The molecule has 0 aromatic rings. The Hall–Kier alpha value is -1.75. The third-order valence-electron chi connectivity index (χ3n) is 7.69. The van der Waals surface area contributed by atoms with Gasteiger partial charge in [-0.2, -0.15) is 0 Å². The number of carbonyl (C=O) groups excluding carboxylic acids is 3. The van der Waals surface area contributed by atoms with Crippen molar-refractivity contribution < 1.29 is 24.2 Å². The second-order valence-electron chi connectivity index (χ2n) is 8.94. The minimum Gasteiger partial charge on any atom is -0.462 e. The average Bonchev–Trinajstić information content (AvgIpc) is 2.80. The van der Waals surface area contributed by atoms with Crippen molar-refractivity contribution in [2.75, 3.05) is 0 Å². The second kappa shape index (κ2) is 5.38. The van der Waals surface area contributed by atoms with E-state index in [0.29, 0.717) is 12.8 Å². The number of hydrogen-bond donors (Lipinski definition) is 1. The molecule has 0 bridgehead atoms. The molecule has 0 spiro atoms. The predicted molar refractivity (Wildman–Crippen MR) is 94.0 cm³/mol. The van der Waals surface area contributed by atoms with Crippen molar-refractivity contribution in [1.29, 1.82) is 0 Å². The van der Waals surface area contributed by atoms with Gasteiger partial charge >= 0.3 is 5.97 Å². The number of fused-ring (bicyclic) bond motifs is 5. The first kappa shape index (κ1) is 17.7. The average molecular weight is 358 g/mol. The molecule has 0 saturated heterocycles. The number of ketones is 2. The van der Waals surface area contributed by atoms with Crippen molar-refractivity contribution in [2.24, 2.45) is 22.7 Å². The Bertz CT molecular complexity index is 764. The molecule has 5 heteroatoms. The SMILES string of the molecule is CC(=O)O[C@H]1CC[C@@]2(C)C(=CC(=O)[C@@H]3[C@@H]2CC[C@]2(C)C(=O)C=C[C@]32O)C1. The van der Waals surface area contributed by atoms with Crippen LogP contribution in [0.25, 0.3) is 0 Å². The van der Waals surface area contributed by atoms with Crippen molar-refractivity contribution >= 4 is 17.5 Å². The Kier molecular flexibility index (Phi) is 3.65. The molecule has 0 amide bonds. The van der Waals surface area contributed by atoms with Gasteiger partial charge in [-0.1, -0.05) is 12.5 Å². The first-order valence-electron chi connectivity index (χ1n) is 9.50. The molecule has 5 nitrogen and oxygen atoms in total. The number of esters is 1. The molecule has 0 aromatic carbocycles. The fraction of sp³-hybridized carbons (Fsp3) is 0.667. The highest BCUT2D eigenvalue weighted by molar-refractivity contribution is 6.03. The fourth-order valence-corrected chi connectivity index (χ4v) is 6.00. The van der Waals surface area contributed by atoms with E-state index >= 15 is 0 Å². The summed E-state index contributed by atoms with van der Waals surface area (Å²) < 4.78 is 5.38. The second-order valence-corrected chi connectivity index (χ2v) is 8.94. The van der Waals surface area contributed by atoms with Crippen LogP contribution >= 0.6 is 0 Å². The smallest absolute Gasteiger partial charge is 0.302 e. The van der Waals surface area contributed by atoms with Crippen molar-refractivity contribution in [2.45, 2.75) is 64.6 Å². The van der Waals surface area contributed by atoms with Crippen LogP contribution in [0.3, 0.4) is 0 Å². The van der Waals surface area contributed by atoms with Gasteiger partial charge in [0.2, 0.25) is 0 Å². The molecule has 2 fully saturated rings. The highest BCUT2D eigenvalue weighted by atomic mass is 16.5. The minimum atomic E-state index is -1.40. The Morgan fingerprint density at radius 1 is 1.23 bits per heavy atom. The number of ether oxygens (including phenoxy) is 1. The van der Waals surface area contributed by atoms with E-state index in [1.54, 1.807) is 19.1 Å². The summed E-state index contributed by atoms with van der Waals surface area (Å²) in [5.41, 5.74) is -1.48. The van der Waals surface area contributed by atoms with Crippen LogP contribution in [0.4, 0.5) is 0 Å². The molecule has 2 saturated carbocycles. The number of rotatable bonds is 1. The van der Waals surface area contributed by atoms with E-state index in [-0.39, 0.29) is 35.0 Å². The molecule has 0 radical (unpaired) electrons. The summed E-state index contributed by atoms with van der Waals surface area (Å²) in [5, 5.41) is 11.5. The fourth-order valence-electron chi connectivity index (χ4n) is 6.00. The zero-order chi connectivity index (χ0) is 18.9. The van der Waals surface area contributed by atoms with E-state index in [1.807, 2.05) is 0 Å². The highest BCUT2D eigenvalue weighted by Gasteiger charge is 2.67. The van der Waals surface area contributed by atoms with Crippen molar-refractivity contribution in [3.8, 4) is 0 Å². The Morgan fingerprint density at radius 3 is 2.65 bits per heavy atom. The largest absolute Gasteiger partial charge is 0.462 e. The van der Waals surface area contributed by atoms with Gasteiger partial charge < -0.3 is 9.84 Å². The van der Waals surface area contributed by atoms with Gasteiger partial charge in [0.1, 0.15) is 11.7 Å². The summed E-state index contributed by atoms with van der Waals surface area (Å²) in [6, 6.07) is 0. The van der Waals surface area contributed by atoms with Gasteiger partial charge in [-0.05, 0) is 62.2 Å². The molecule has 1 N–H and O–H groups in total. The summed E-state index contributed by atoms with van der Waals surface area (Å²) in [4.78, 5) is 36.8. The van der Waals surface area contributed by atoms with E-state index in [0.717, 1.165) is 24.8 Å². The third-order valence-corrected chi connectivity index (χ3v) is 7.69. The van der Waals surface area contributed by atoms with Crippen LogP contribution in [0.5, 0.6) is 0 Å². The topological polar surface area (TPSA) is 80.7 Å². The van der Waals surface area contributed by atoms with E-state index in [4.69, 9.17) is 4.74 Å².